The number of anilines is 3. The van der Waals surface area contributed by atoms with Gasteiger partial charge in [-0.05, 0) is 92.2 Å². The summed E-state index contributed by atoms with van der Waals surface area (Å²) in [7, 11) is 0. The van der Waals surface area contributed by atoms with Gasteiger partial charge in [-0.3, -0.25) is 0 Å². The van der Waals surface area contributed by atoms with Gasteiger partial charge in [0.1, 0.15) is 11.2 Å². The van der Waals surface area contributed by atoms with E-state index in [1.807, 2.05) is 0 Å². The topological polar surface area (TPSA) is 16.4 Å². The van der Waals surface area contributed by atoms with Crippen LogP contribution in [0.3, 0.4) is 0 Å². The van der Waals surface area contributed by atoms with E-state index in [0.717, 1.165) is 44.6 Å². The predicted octanol–water partition coefficient (Wildman–Crippen LogP) is 14.7. The van der Waals surface area contributed by atoms with E-state index in [2.05, 4.69) is 223 Å². The minimum Gasteiger partial charge on any atom is -0.456 e. The first kappa shape index (κ1) is 32.5. The zero-order chi connectivity index (χ0) is 36.6. The summed E-state index contributed by atoms with van der Waals surface area (Å²) in [5, 5.41) is 4.58. The maximum atomic E-state index is 6.91. The highest BCUT2D eigenvalue weighted by Crippen LogP contribution is 2.48. The molecule has 0 amide bonds. The lowest BCUT2D eigenvalue weighted by Gasteiger charge is -2.28. The minimum atomic E-state index is -0.0443. The van der Waals surface area contributed by atoms with E-state index in [-0.39, 0.29) is 5.92 Å². The van der Waals surface area contributed by atoms with Gasteiger partial charge < -0.3 is 9.32 Å². The SMILES string of the molecule is c1ccc(-c2ccc(C(c3ccccc3)c3cc(N(c4ccccc4)c4ccc(-c5ccccc5)cc4)c4c(c3)oc3ccc5ccccc5c34)cc2)cc1. The van der Waals surface area contributed by atoms with E-state index in [1.165, 1.54) is 44.2 Å². The van der Waals surface area contributed by atoms with Gasteiger partial charge in [0.2, 0.25) is 0 Å². The van der Waals surface area contributed by atoms with Crippen LogP contribution in [0.15, 0.2) is 223 Å². The second kappa shape index (κ2) is 14.0. The predicted molar refractivity (Wildman–Crippen MR) is 231 cm³/mol. The van der Waals surface area contributed by atoms with Crippen LogP contribution in [-0.2, 0) is 0 Å². The number of rotatable bonds is 8. The van der Waals surface area contributed by atoms with Crippen molar-refractivity contribution >= 4 is 49.8 Å². The molecule has 0 saturated heterocycles. The van der Waals surface area contributed by atoms with E-state index >= 15 is 0 Å². The summed E-state index contributed by atoms with van der Waals surface area (Å²) in [6.45, 7) is 0. The Morgan fingerprint density at radius 2 is 0.855 bits per heavy atom. The quantitative estimate of drug-likeness (QED) is 0.147. The molecule has 0 aliphatic heterocycles. The van der Waals surface area contributed by atoms with Gasteiger partial charge in [0.15, 0.2) is 0 Å². The lowest BCUT2D eigenvalue weighted by atomic mass is 9.83. The standard InChI is InChI=1S/C53H37NO/c1-5-15-37(16-6-1)39-25-27-43(28-26-39)51(42-20-9-3-10-21-42)44-35-48(53-50(36-44)55-49-34-31-41-19-13-14-24-47(41)52(49)53)54(45-22-11-4-12-23-45)46-32-29-40(30-33-46)38-17-7-2-8-18-38/h1-36,51H. The number of nitrogens with zero attached hydrogens (tertiary/aromatic N) is 1. The zero-order valence-corrected chi connectivity index (χ0v) is 30.2. The fourth-order valence-electron chi connectivity index (χ4n) is 8.17. The lowest BCUT2D eigenvalue weighted by molar-refractivity contribution is 0.668. The third-order valence-electron chi connectivity index (χ3n) is 10.8. The van der Waals surface area contributed by atoms with Gasteiger partial charge in [-0.15, -0.1) is 0 Å². The van der Waals surface area contributed by atoms with Crippen molar-refractivity contribution in [2.75, 3.05) is 4.90 Å². The minimum absolute atomic E-state index is 0.0443. The molecule has 9 aromatic carbocycles. The fourth-order valence-corrected chi connectivity index (χ4v) is 8.17. The van der Waals surface area contributed by atoms with Crippen molar-refractivity contribution in [3.63, 3.8) is 0 Å². The summed E-state index contributed by atoms with van der Waals surface area (Å²) in [5.41, 5.74) is 13.3. The highest BCUT2D eigenvalue weighted by atomic mass is 16.3. The van der Waals surface area contributed by atoms with Crippen LogP contribution in [0, 0.1) is 0 Å². The van der Waals surface area contributed by atoms with Crippen molar-refractivity contribution < 1.29 is 4.42 Å². The molecule has 10 rings (SSSR count). The van der Waals surface area contributed by atoms with Crippen molar-refractivity contribution in [3.05, 3.63) is 235 Å². The first-order valence-corrected chi connectivity index (χ1v) is 18.9. The first-order chi connectivity index (χ1) is 27.3. The third-order valence-corrected chi connectivity index (χ3v) is 10.8. The zero-order valence-electron chi connectivity index (χ0n) is 30.2. The second-order valence-corrected chi connectivity index (χ2v) is 14.1. The molecule has 0 aliphatic rings. The molecule has 1 aromatic heterocycles. The first-order valence-electron chi connectivity index (χ1n) is 18.9. The molecule has 55 heavy (non-hydrogen) atoms. The normalized spacial score (nSPS) is 11.9. The molecular formula is C53H37NO. The second-order valence-electron chi connectivity index (χ2n) is 14.1. The number of furan rings is 1. The molecule has 2 heteroatoms. The summed E-state index contributed by atoms with van der Waals surface area (Å²) >= 11 is 0. The average molecular weight is 704 g/mol. The monoisotopic (exact) mass is 703 g/mol. The van der Waals surface area contributed by atoms with Gasteiger partial charge in [0.25, 0.3) is 0 Å². The van der Waals surface area contributed by atoms with Gasteiger partial charge in [-0.2, -0.15) is 0 Å². The van der Waals surface area contributed by atoms with Crippen LogP contribution in [0.4, 0.5) is 17.1 Å². The molecule has 10 aromatic rings. The molecule has 0 fully saturated rings. The summed E-state index contributed by atoms with van der Waals surface area (Å²) in [6.07, 6.45) is 0. The Balaban J connectivity index is 1.24. The highest BCUT2D eigenvalue weighted by Gasteiger charge is 2.26. The summed E-state index contributed by atoms with van der Waals surface area (Å²) in [6, 6.07) is 78.3. The molecule has 1 atom stereocenters. The van der Waals surface area contributed by atoms with Crippen LogP contribution in [-0.4, -0.2) is 0 Å². The van der Waals surface area contributed by atoms with Crippen LogP contribution in [0.2, 0.25) is 0 Å². The number of benzene rings is 9. The van der Waals surface area contributed by atoms with Crippen molar-refractivity contribution in [2.45, 2.75) is 5.92 Å². The number of para-hydroxylation sites is 1. The van der Waals surface area contributed by atoms with Crippen LogP contribution >= 0.6 is 0 Å². The molecular weight excluding hydrogens is 667 g/mol. The molecule has 0 bridgehead atoms. The lowest BCUT2D eigenvalue weighted by Crippen LogP contribution is -2.12. The molecule has 260 valence electrons. The Morgan fingerprint density at radius 3 is 1.51 bits per heavy atom. The van der Waals surface area contributed by atoms with Crippen molar-refractivity contribution in [3.8, 4) is 22.3 Å². The smallest absolute Gasteiger partial charge is 0.137 e. The van der Waals surface area contributed by atoms with Crippen molar-refractivity contribution in [1.29, 1.82) is 0 Å². The number of fused-ring (bicyclic) bond motifs is 5. The van der Waals surface area contributed by atoms with E-state index in [1.54, 1.807) is 0 Å². The summed E-state index contributed by atoms with van der Waals surface area (Å²) < 4.78 is 6.91. The van der Waals surface area contributed by atoms with Gasteiger partial charge in [0.05, 0.1) is 11.1 Å². The maximum absolute atomic E-state index is 6.91. The van der Waals surface area contributed by atoms with E-state index in [0.29, 0.717) is 0 Å². The Hall–Kier alpha value is -7.16. The molecule has 1 unspecified atom stereocenters. The van der Waals surface area contributed by atoms with Crippen LogP contribution in [0.25, 0.3) is 55.0 Å². The Kier molecular flexibility index (Phi) is 8.27. The van der Waals surface area contributed by atoms with Gasteiger partial charge in [-0.1, -0.05) is 176 Å². The van der Waals surface area contributed by atoms with Gasteiger partial charge >= 0.3 is 0 Å². The Labute approximate surface area is 321 Å². The van der Waals surface area contributed by atoms with E-state index in [4.69, 9.17) is 4.42 Å². The average Bonchev–Trinajstić information content (AvgIpc) is 3.65. The molecule has 0 spiro atoms. The molecule has 1 heterocycles. The molecule has 0 saturated carbocycles. The number of hydrogen-bond acceptors (Lipinski definition) is 2. The maximum Gasteiger partial charge on any atom is 0.137 e. The largest absolute Gasteiger partial charge is 0.456 e. The summed E-state index contributed by atoms with van der Waals surface area (Å²) in [5.74, 6) is -0.0443. The fraction of sp³-hybridized carbons (Fsp3) is 0.0189. The van der Waals surface area contributed by atoms with E-state index in [9.17, 15) is 0 Å². The van der Waals surface area contributed by atoms with Crippen LogP contribution in [0.1, 0.15) is 22.6 Å². The molecule has 0 aliphatic carbocycles. The Bertz CT molecular complexity index is 2880. The van der Waals surface area contributed by atoms with E-state index < -0.39 is 0 Å². The van der Waals surface area contributed by atoms with Crippen LogP contribution < -0.4 is 4.90 Å². The molecule has 0 radical (unpaired) electrons. The van der Waals surface area contributed by atoms with Gasteiger partial charge in [0, 0.05) is 22.7 Å². The highest BCUT2D eigenvalue weighted by molar-refractivity contribution is 6.23. The molecule has 2 nitrogen and oxygen atoms in total. The van der Waals surface area contributed by atoms with Gasteiger partial charge in [-0.25, -0.2) is 0 Å². The van der Waals surface area contributed by atoms with Crippen molar-refractivity contribution in [1.82, 2.24) is 0 Å². The molecule has 0 N–H and O–H groups in total. The van der Waals surface area contributed by atoms with Crippen LogP contribution in [0.5, 0.6) is 0 Å². The van der Waals surface area contributed by atoms with Crippen molar-refractivity contribution in [2.24, 2.45) is 0 Å². The number of hydrogen-bond donors (Lipinski definition) is 0. The third kappa shape index (κ3) is 6.04. The summed E-state index contributed by atoms with van der Waals surface area (Å²) in [4.78, 5) is 2.40. The Morgan fingerprint density at radius 1 is 0.345 bits per heavy atom.